The quantitative estimate of drug-likeness (QED) is 0.861. The summed E-state index contributed by atoms with van der Waals surface area (Å²) in [7, 11) is -4.15. The van der Waals surface area contributed by atoms with Crippen LogP contribution in [0.3, 0.4) is 0 Å². The van der Waals surface area contributed by atoms with Gasteiger partial charge in [-0.25, -0.2) is 17.9 Å². The van der Waals surface area contributed by atoms with E-state index in [1.54, 1.807) is 6.92 Å². The Morgan fingerprint density at radius 2 is 2.19 bits per heavy atom. The topological polar surface area (TPSA) is 98.5 Å². The van der Waals surface area contributed by atoms with Crippen LogP contribution >= 0.6 is 11.6 Å². The number of hydrogen-bond acceptors (Lipinski definition) is 4. The first kappa shape index (κ1) is 16.2. The van der Waals surface area contributed by atoms with E-state index in [-0.39, 0.29) is 5.02 Å². The summed E-state index contributed by atoms with van der Waals surface area (Å²) in [6, 6.07) is 1.59. The first-order valence-corrected chi connectivity index (χ1v) is 7.97. The highest BCUT2D eigenvalue weighted by molar-refractivity contribution is 7.89. The van der Waals surface area contributed by atoms with E-state index in [9.17, 15) is 17.6 Å². The van der Waals surface area contributed by atoms with Crippen LogP contribution in [-0.2, 0) is 14.8 Å². The fourth-order valence-electron chi connectivity index (χ4n) is 2.03. The lowest BCUT2D eigenvalue weighted by Crippen LogP contribution is -2.46. The van der Waals surface area contributed by atoms with Crippen LogP contribution < -0.4 is 10.5 Å². The number of hydrogen-bond donors (Lipinski definition) is 2. The second-order valence-corrected chi connectivity index (χ2v) is 7.06. The van der Waals surface area contributed by atoms with Crippen LogP contribution in [0.5, 0.6) is 0 Å². The third kappa shape index (κ3) is 3.52. The van der Waals surface area contributed by atoms with E-state index < -0.39 is 37.7 Å². The minimum atomic E-state index is -4.15. The number of rotatable bonds is 3. The average Bonchev–Trinajstić information content (AvgIpc) is 2.73. The van der Waals surface area contributed by atoms with Crippen molar-refractivity contribution in [3.8, 4) is 0 Å². The van der Waals surface area contributed by atoms with Crippen molar-refractivity contribution >= 4 is 27.5 Å². The van der Waals surface area contributed by atoms with Crippen molar-refractivity contribution in [1.82, 2.24) is 5.32 Å². The molecule has 1 fully saturated rings. The molecule has 21 heavy (non-hydrogen) atoms. The molecule has 1 aromatic carbocycles. The summed E-state index contributed by atoms with van der Waals surface area (Å²) < 4.78 is 41.8. The molecule has 0 saturated carbocycles. The van der Waals surface area contributed by atoms with Gasteiger partial charge in [-0.05, 0) is 25.5 Å². The first-order valence-electron chi connectivity index (χ1n) is 6.04. The second kappa shape index (κ2) is 5.53. The van der Waals surface area contributed by atoms with Gasteiger partial charge < -0.3 is 10.1 Å². The molecule has 9 heteroatoms. The second-order valence-electron chi connectivity index (χ2n) is 5.12. The van der Waals surface area contributed by atoms with Gasteiger partial charge in [-0.3, -0.25) is 4.79 Å². The van der Waals surface area contributed by atoms with E-state index in [0.717, 1.165) is 12.1 Å². The van der Waals surface area contributed by atoms with Crippen molar-refractivity contribution in [2.24, 2.45) is 5.14 Å². The molecule has 1 atom stereocenters. The molecule has 1 aliphatic heterocycles. The van der Waals surface area contributed by atoms with Crippen LogP contribution in [0.25, 0.3) is 0 Å². The molecule has 3 N–H and O–H groups in total. The third-order valence-corrected chi connectivity index (χ3v) is 4.58. The van der Waals surface area contributed by atoms with E-state index >= 15 is 0 Å². The number of amides is 1. The van der Waals surface area contributed by atoms with Crippen molar-refractivity contribution in [2.45, 2.75) is 23.8 Å². The Balaban J connectivity index is 2.37. The Hall–Kier alpha value is -1.22. The van der Waals surface area contributed by atoms with E-state index in [1.807, 2.05) is 0 Å². The highest BCUT2D eigenvalue weighted by Gasteiger charge is 2.32. The number of halogens is 2. The molecule has 0 spiro atoms. The molecule has 0 aromatic heterocycles. The van der Waals surface area contributed by atoms with Crippen LogP contribution in [0.1, 0.15) is 23.7 Å². The fourth-order valence-corrected chi connectivity index (χ4v) is 3.11. The average molecular weight is 337 g/mol. The van der Waals surface area contributed by atoms with Gasteiger partial charge in [0.25, 0.3) is 5.91 Å². The predicted octanol–water partition coefficient (Wildman–Crippen LogP) is 1.04. The number of primary sulfonamides is 1. The number of sulfonamides is 1. The molecule has 0 bridgehead atoms. The van der Waals surface area contributed by atoms with Gasteiger partial charge in [0.15, 0.2) is 0 Å². The fraction of sp³-hybridized carbons (Fsp3) is 0.417. The lowest BCUT2D eigenvalue weighted by atomic mass is 10.0. The van der Waals surface area contributed by atoms with E-state index in [0.29, 0.717) is 19.6 Å². The molecule has 2 rings (SSSR count). The maximum atomic E-state index is 13.9. The van der Waals surface area contributed by atoms with Gasteiger partial charge in [-0.1, -0.05) is 11.6 Å². The van der Waals surface area contributed by atoms with Gasteiger partial charge in [0, 0.05) is 6.61 Å². The number of nitrogens with one attached hydrogen (secondary N) is 1. The highest BCUT2D eigenvalue weighted by atomic mass is 35.5. The molecule has 0 aliphatic carbocycles. The molecular formula is C12H14ClFN2O4S. The monoisotopic (exact) mass is 336 g/mol. The normalized spacial score (nSPS) is 22.3. The Morgan fingerprint density at radius 1 is 1.52 bits per heavy atom. The SMILES string of the molecule is CC1(NC(=O)c2cc(S(N)(=O)=O)c(Cl)cc2F)CCOC1. The van der Waals surface area contributed by atoms with E-state index in [2.05, 4.69) is 5.32 Å². The van der Waals surface area contributed by atoms with Crippen LogP contribution in [0, 0.1) is 5.82 Å². The highest BCUT2D eigenvalue weighted by Crippen LogP contribution is 2.25. The summed E-state index contributed by atoms with van der Waals surface area (Å²) in [5.41, 5.74) is -1.05. The van der Waals surface area contributed by atoms with E-state index in [4.69, 9.17) is 21.5 Å². The zero-order valence-corrected chi connectivity index (χ0v) is 12.7. The van der Waals surface area contributed by atoms with E-state index in [1.165, 1.54) is 0 Å². The third-order valence-electron chi connectivity index (χ3n) is 3.21. The van der Waals surface area contributed by atoms with Crippen LogP contribution in [0.15, 0.2) is 17.0 Å². The zero-order valence-electron chi connectivity index (χ0n) is 11.2. The predicted molar refractivity (Wildman–Crippen MR) is 74.1 cm³/mol. The summed E-state index contributed by atoms with van der Waals surface area (Å²) in [6.45, 7) is 2.55. The maximum Gasteiger partial charge on any atom is 0.254 e. The molecule has 1 amide bonds. The van der Waals surface area contributed by atoms with Crippen LogP contribution in [0.2, 0.25) is 5.02 Å². The molecule has 1 unspecified atom stereocenters. The lowest BCUT2D eigenvalue weighted by Gasteiger charge is -2.23. The Labute approximate surface area is 126 Å². The summed E-state index contributed by atoms with van der Waals surface area (Å²) in [4.78, 5) is 11.6. The molecule has 116 valence electrons. The summed E-state index contributed by atoms with van der Waals surface area (Å²) in [5, 5.41) is 7.23. The number of ether oxygens (including phenoxy) is 1. The number of nitrogens with two attached hydrogens (primary N) is 1. The van der Waals surface area contributed by atoms with Crippen LogP contribution in [-0.4, -0.2) is 33.1 Å². The Morgan fingerprint density at radius 3 is 2.71 bits per heavy atom. The van der Waals surface area contributed by atoms with Gasteiger partial charge in [0.2, 0.25) is 10.0 Å². The Bertz CT molecular complexity index is 687. The number of benzene rings is 1. The van der Waals surface area contributed by atoms with Gasteiger partial charge >= 0.3 is 0 Å². The maximum absolute atomic E-state index is 13.9. The van der Waals surface area contributed by atoms with Crippen molar-refractivity contribution < 1.29 is 22.3 Å². The standard InChI is InChI=1S/C12H14ClFN2O4S/c1-12(2-3-20-6-12)16-11(17)7-4-10(21(15,18)19)8(13)5-9(7)14/h4-5H,2-3,6H2,1H3,(H,16,17)(H2,15,18,19). The largest absolute Gasteiger partial charge is 0.379 e. The van der Waals surface area contributed by atoms with Crippen LogP contribution in [0.4, 0.5) is 4.39 Å². The molecule has 1 aliphatic rings. The molecule has 1 aromatic rings. The summed E-state index contributed by atoms with van der Waals surface area (Å²) in [5.74, 6) is -1.67. The number of carbonyl (C=O) groups is 1. The molecular weight excluding hydrogens is 323 g/mol. The van der Waals surface area contributed by atoms with Gasteiger partial charge in [-0.15, -0.1) is 0 Å². The van der Waals surface area contributed by atoms with Crippen molar-refractivity contribution in [2.75, 3.05) is 13.2 Å². The minimum absolute atomic E-state index is 0.302. The van der Waals surface area contributed by atoms with Crippen molar-refractivity contribution in [3.05, 3.63) is 28.5 Å². The van der Waals surface area contributed by atoms with Gasteiger partial charge in [0.1, 0.15) is 10.7 Å². The van der Waals surface area contributed by atoms with Gasteiger partial charge in [-0.2, -0.15) is 0 Å². The number of carbonyl (C=O) groups excluding carboxylic acids is 1. The van der Waals surface area contributed by atoms with Crippen molar-refractivity contribution in [3.63, 3.8) is 0 Å². The summed E-state index contributed by atoms with van der Waals surface area (Å²) in [6.07, 6.45) is 0.579. The molecule has 6 nitrogen and oxygen atoms in total. The molecule has 1 saturated heterocycles. The van der Waals surface area contributed by atoms with Crippen molar-refractivity contribution in [1.29, 1.82) is 0 Å². The molecule has 1 heterocycles. The molecule has 0 radical (unpaired) electrons. The Kier molecular flexibility index (Phi) is 4.25. The lowest BCUT2D eigenvalue weighted by molar-refractivity contribution is 0.0885. The first-order chi connectivity index (χ1) is 9.62. The zero-order chi connectivity index (χ0) is 15.8. The van der Waals surface area contributed by atoms with Gasteiger partial charge in [0.05, 0.1) is 22.7 Å². The minimum Gasteiger partial charge on any atom is -0.379 e. The summed E-state index contributed by atoms with van der Waals surface area (Å²) >= 11 is 5.64. The smallest absolute Gasteiger partial charge is 0.254 e.